The fourth-order valence-corrected chi connectivity index (χ4v) is 2.39. The van der Waals surface area contributed by atoms with Crippen molar-refractivity contribution in [3.05, 3.63) is 53.5 Å². The highest BCUT2D eigenvalue weighted by Gasteiger charge is 2.14. The number of rotatable bonds is 5. The standard InChI is InChI=1S/C14H16N2O4S/c1-10-5-6-13(16-21(2,18)19)12(8-10)14(17)15-9-11-4-3-7-20-11/h3-8,16H,9H2,1-2H3,(H,15,17). The molecule has 0 aliphatic carbocycles. The Labute approximate surface area is 123 Å². The molecule has 2 N–H and O–H groups in total. The fraction of sp³-hybridized carbons (Fsp3) is 0.214. The van der Waals surface area contributed by atoms with Crippen molar-refractivity contribution in [3.8, 4) is 0 Å². The third-order valence-electron chi connectivity index (χ3n) is 2.72. The Kier molecular flexibility index (Phi) is 4.32. The van der Waals surface area contributed by atoms with Crippen molar-refractivity contribution >= 4 is 21.6 Å². The Morgan fingerprint density at radius 1 is 1.29 bits per heavy atom. The molecule has 1 aromatic heterocycles. The van der Waals surface area contributed by atoms with E-state index in [9.17, 15) is 13.2 Å². The van der Waals surface area contributed by atoms with Crippen LogP contribution in [0, 0.1) is 6.92 Å². The number of hydrogen-bond donors (Lipinski definition) is 2. The highest BCUT2D eigenvalue weighted by atomic mass is 32.2. The summed E-state index contributed by atoms with van der Waals surface area (Å²) >= 11 is 0. The Morgan fingerprint density at radius 3 is 2.67 bits per heavy atom. The molecule has 112 valence electrons. The molecule has 1 heterocycles. The monoisotopic (exact) mass is 308 g/mol. The summed E-state index contributed by atoms with van der Waals surface area (Å²) in [5, 5.41) is 2.69. The molecular formula is C14H16N2O4S. The molecule has 0 radical (unpaired) electrons. The van der Waals surface area contributed by atoms with E-state index < -0.39 is 10.0 Å². The molecular weight excluding hydrogens is 292 g/mol. The number of carbonyl (C=O) groups excluding carboxylic acids is 1. The van der Waals surface area contributed by atoms with E-state index in [1.54, 1.807) is 30.3 Å². The molecule has 1 amide bonds. The third kappa shape index (κ3) is 4.35. The molecule has 21 heavy (non-hydrogen) atoms. The van der Waals surface area contributed by atoms with Crippen LogP contribution in [-0.4, -0.2) is 20.6 Å². The van der Waals surface area contributed by atoms with Gasteiger partial charge in [-0.3, -0.25) is 9.52 Å². The summed E-state index contributed by atoms with van der Waals surface area (Å²) in [6, 6.07) is 8.40. The van der Waals surface area contributed by atoms with Crippen LogP contribution in [0.25, 0.3) is 0 Å². The zero-order chi connectivity index (χ0) is 15.5. The Morgan fingerprint density at radius 2 is 2.05 bits per heavy atom. The van der Waals surface area contributed by atoms with Crippen LogP contribution in [0.1, 0.15) is 21.7 Å². The second-order valence-electron chi connectivity index (χ2n) is 4.69. The number of aryl methyl sites for hydroxylation is 1. The second-order valence-corrected chi connectivity index (χ2v) is 6.43. The summed E-state index contributed by atoms with van der Waals surface area (Å²) in [5.74, 6) is 0.245. The van der Waals surface area contributed by atoms with Crippen LogP contribution in [-0.2, 0) is 16.6 Å². The zero-order valence-electron chi connectivity index (χ0n) is 11.7. The van der Waals surface area contributed by atoms with Gasteiger partial charge in [0.15, 0.2) is 0 Å². The van der Waals surface area contributed by atoms with Gasteiger partial charge in [0, 0.05) is 0 Å². The van der Waals surface area contributed by atoms with Crippen LogP contribution in [0.4, 0.5) is 5.69 Å². The average Bonchev–Trinajstić information content (AvgIpc) is 2.89. The first-order valence-corrected chi connectivity index (χ1v) is 8.13. The van der Waals surface area contributed by atoms with E-state index in [-0.39, 0.29) is 23.7 Å². The largest absolute Gasteiger partial charge is 0.467 e. The van der Waals surface area contributed by atoms with E-state index in [4.69, 9.17) is 4.42 Å². The molecule has 7 heteroatoms. The van der Waals surface area contributed by atoms with Crippen molar-refractivity contribution in [2.45, 2.75) is 13.5 Å². The maximum Gasteiger partial charge on any atom is 0.253 e. The van der Waals surface area contributed by atoms with Gasteiger partial charge in [0.25, 0.3) is 5.91 Å². The van der Waals surface area contributed by atoms with Crippen molar-refractivity contribution in [3.63, 3.8) is 0 Å². The van der Waals surface area contributed by atoms with Crippen molar-refractivity contribution in [2.24, 2.45) is 0 Å². The lowest BCUT2D eigenvalue weighted by Gasteiger charge is -2.11. The molecule has 0 atom stereocenters. The highest BCUT2D eigenvalue weighted by Crippen LogP contribution is 2.18. The number of carbonyl (C=O) groups is 1. The number of sulfonamides is 1. The maximum absolute atomic E-state index is 12.2. The van der Waals surface area contributed by atoms with Gasteiger partial charge in [-0.05, 0) is 31.2 Å². The van der Waals surface area contributed by atoms with Gasteiger partial charge in [-0.1, -0.05) is 11.6 Å². The molecule has 0 saturated heterocycles. The average molecular weight is 308 g/mol. The van der Waals surface area contributed by atoms with Crippen molar-refractivity contribution in [1.29, 1.82) is 0 Å². The summed E-state index contributed by atoms with van der Waals surface area (Å²) in [5.41, 5.74) is 1.38. The molecule has 2 aromatic rings. The molecule has 2 rings (SSSR count). The summed E-state index contributed by atoms with van der Waals surface area (Å²) < 4.78 is 30.2. The van der Waals surface area contributed by atoms with E-state index in [0.717, 1.165) is 11.8 Å². The number of furan rings is 1. The van der Waals surface area contributed by atoms with Crippen LogP contribution >= 0.6 is 0 Å². The fourth-order valence-electron chi connectivity index (χ4n) is 1.81. The molecule has 0 bridgehead atoms. The molecule has 0 saturated carbocycles. The van der Waals surface area contributed by atoms with Gasteiger partial charge in [-0.15, -0.1) is 0 Å². The van der Waals surface area contributed by atoms with E-state index in [1.165, 1.54) is 6.26 Å². The van der Waals surface area contributed by atoms with E-state index >= 15 is 0 Å². The molecule has 6 nitrogen and oxygen atoms in total. The van der Waals surface area contributed by atoms with Gasteiger partial charge < -0.3 is 9.73 Å². The lowest BCUT2D eigenvalue weighted by Crippen LogP contribution is -2.24. The number of anilines is 1. The molecule has 0 aliphatic rings. The summed E-state index contributed by atoms with van der Waals surface area (Å²) in [7, 11) is -3.45. The van der Waals surface area contributed by atoms with Crippen LogP contribution < -0.4 is 10.0 Å². The predicted octanol–water partition coefficient (Wildman–Crippen LogP) is 1.89. The third-order valence-corrected chi connectivity index (χ3v) is 3.31. The number of hydrogen-bond acceptors (Lipinski definition) is 4. The van der Waals surface area contributed by atoms with Crippen LogP contribution in [0.2, 0.25) is 0 Å². The first kappa shape index (κ1) is 15.1. The van der Waals surface area contributed by atoms with Crippen LogP contribution in [0.3, 0.4) is 0 Å². The second kappa shape index (κ2) is 6.01. The molecule has 0 unspecified atom stereocenters. The van der Waals surface area contributed by atoms with E-state index in [2.05, 4.69) is 10.0 Å². The zero-order valence-corrected chi connectivity index (χ0v) is 12.5. The molecule has 1 aromatic carbocycles. The minimum Gasteiger partial charge on any atom is -0.467 e. The SMILES string of the molecule is Cc1ccc(NS(C)(=O)=O)c(C(=O)NCc2ccco2)c1. The molecule has 0 aliphatic heterocycles. The summed E-state index contributed by atoms with van der Waals surface area (Å²) in [4.78, 5) is 12.2. The Hall–Kier alpha value is -2.28. The van der Waals surface area contributed by atoms with Gasteiger partial charge in [0.1, 0.15) is 5.76 Å². The summed E-state index contributed by atoms with van der Waals surface area (Å²) in [6.07, 6.45) is 2.56. The number of amides is 1. The lowest BCUT2D eigenvalue weighted by atomic mass is 10.1. The first-order chi connectivity index (χ1) is 9.85. The molecule has 0 spiro atoms. The topological polar surface area (TPSA) is 88.4 Å². The van der Waals surface area contributed by atoms with Crippen molar-refractivity contribution in [2.75, 3.05) is 11.0 Å². The maximum atomic E-state index is 12.2. The van der Waals surface area contributed by atoms with Crippen molar-refractivity contribution < 1.29 is 17.6 Å². The van der Waals surface area contributed by atoms with E-state index in [1.807, 2.05) is 6.92 Å². The van der Waals surface area contributed by atoms with E-state index in [0.29, 0.717) is 5.76 Å². The number of nitrogens with one attached hydrogen (secondary N) is 2. The van der Waals surface area contributed by atoms with Crippen molar-refractivity contribution in [1.82, 2.24) is 5.32 Å². The molecule has 0 fully saturated rings. The predicted molar refractivity (Wildman–Crippen MR) is 79.5 cm³/mol. The van der Waals surface area contributed by atoms with Gasteiger partial charge in [0.05, 0.1) is 30.3 Å². The minimum absolute atomic E-state index is 0.234. The summed E-state index contributed by atoms with van der Waals surface area (Å²) in [6.45, 7) is 2.06. The highest BCUT2D eigenvalue weighted by molar-refractivity contribution is 7.92. The lowest BCUT2D eigenvalue weighted by molar-refractivity contribution is 0.0949. The smallest absolute Gasteiger partial charge is 0.253 e. The normalized spacial score (nSPS) is 11.1. The quantitative estimate of drug-likeness (QED) is 0.883. The van der Waals surface area contributed by atoms with Crippen LogP contribution in [0.15, 0.2) is 41.0 Å². The van der Waals surface area contributed by atoms with Crippen LogP contribution in [0.5, 0.6) is 0 Å². The van der Waals surface area contributed by atoms with Gasteiger partial charge >= 0.3 is 0 Å². The first-order valence-electron chi connectivity index (χ1n) is 6.24. The van der Waals surface area contributed by atoms with Gasteiger partial charge in [0.2, 0.25) is 10.0 Å². The Balaban J connectivity index is 2.20. The number of benzene rings is 1. The van der Waals surface area contributed by atoms with Gasteiger partial charge in [-0.2, -0.15) is 0 Å². The van der Waals surface area contributed by atoms with Gasteiger partial charge in [-0.25, -0.2) is 8.42 Å². The minimum atomic E-state index is -3.45. The Bertz CT molecular complexity index is 736.